The molecular weight excluding hydrogens is 178 g/mol. The topological polar surface area (TPSA) is 54.9 Å². The maximum atomic E-state index is 11.5. The van der Waals surface area contributed by atoms with Crippen LogP contribution in [0.4, 0.5) is 0 Å². The molecule has 0 atom stereocenters. The average molecular weight is 191 g/mol. The van der Waals surface area contributed by atoms with Crippen molar-refractivity contribution in [1.82, 2.24) is 15.3 Å². The molecule has 1 aliphatic carbocycles. The lowest BCUT2D eigenvalue weighted by molar-refractivity contribution is 0.0933. The molecule has 4 nitrogen and oxygen atoms in total. The highest BCUT2D eigenvalue weighted by atomic mass is 16.1. The lowest BCUT2D eigenvalue weighted by Gasteiger charge is -2.25. The molecule has 1 saturated carbocycles. The van der Waals surface area contributed by atoms with Crippen LogP contribution in [0.25, 0.3) is 0 Å². The Morgan fingerprint density at radius 2 is 2.36 bits per heavy atom. The van der Waals surface area contributed by atoms with Gasteiger partial charge < -0.3 is 5.32 Å². The quantitative estimate of drug-likeness (QED) is 0.775. The summed E-state index contributed by atoms with van der Waals surface area (Å²) in [6.07, 6.45) is 8.34. The second kappa shape index (κ2) is 4.17. The molecular formula is C10H13N3O. The van der Waals surface area contributed by atoms with Crippen molar-refractivity contribution in [3.8, 4) is 0 Å². The molecule has 0 aromatic carbocycles. The molecule has 1 fully saturated rings. The van der Waals surface area contributed by atoms with Gasteiger partial charge in [-0.05, 0) is 18.8 Å². The lowest BCUT2D eigenvalue weighted by Crippen LogP contribution is -2.32. The predicted octanol–water partition coefficient (Wildman–Crippen LogP) is 1.01. The Morgan fingerprint density at radius 1 is 1.50 bits per heavy atom. The monoisotopic (exact) mass is 191 g/mol. The molecule has 1 heterocycles. The van der Waals surface area contributed by atoms with E-state index >= 15 is 0 Å². The first-order valence-corrected chi connectivity index (χ1v) is 4.90. The number of hydrogen-bond donors (Lipinski definition) is 1. The summed E-state index contributed by atoms with van der Waals surface area (Å²) < 4.78 is 0. The molecule has 2 rings (SSSR count). The van der Waals surface area contributed by atoms with Crippen molar-refractivity contribution in [1.29, 1.82) is 0 Å². The Labute approximate surface area is 82.8 Å². The van der Waals surface area contributed by atoms with Crippen LogP contribution in [0.15, 0.2) is 18.6 Å². The van der Waals surface area contributed by atoms with Crippen molar-refractivity contribution >= 4 is 5.91 Å². The maximum absolute atomic E-state index is 11.5. The lowest BCUT2D eigenvalue weighted by atomic mass is 9.85. The second-order valence-electron chi connectivity index (χ2n) is 3.60. The summed E-state index contributed by atoms with van der Waals surface area (Å²) in [5.74, 6) is 0.556. The van der Waals surface area contributed by atoms with E-state index in [1.807, 2.05) is 0 Å². The predicted molar refractivity (Wildman–Crippen MR) is 51.7 cm³/mol. The number of nitrogens with zero attached hydrogens (tertiary/aromatic N) is 2. The van der Waals surface area contributed by atoms with Crippen LogP contribution >= 0.6 is 0 Å². The van der Waals surface area contributed by atoms with Crippen LogP contribution in [0.1, 0.15) is 29.8 Å². The van der Waals surface area contributed by atoms with Crippen molar-refractivity contribution in [2.24, 2.45) is 5.92 Å². The molecule has 1 aliphatic rings. The number of hydrogen-bond acceptors (Lipinski definition) is 3. The Bertz CT molecular complexity index is 308. The first-order chi connectivity index (χ1) is 6.86. The summed E-state index contributed by atoms with van der Waals surface area (Å²) >= 11 is 0. The average Bonchev–Trinajstić information content (AvgIpc) is 2.16. The summed E-state index contributed by atoms with van der Waals surface area (Å²) in [5.41, 5.74) is 0.395. The van der Waals surface area contributed by atoms with Crippen LogP contribution in [-0.2, 0) is 0 Å². The van der Waals surface area contributed by atoms with E-state index in [0.717, 1.165) is 6.54 Å². The molecule has 0 unspecified atom stereocenters. The fraction of sp³-hybridized carbons (Fsp3) is 0.500. The molecule has 14 heavy (non-hydrogen) atoms. The van der Waals surface area contributed by atoms with Crippen molar-refractivity contribution in [2.75, 3.05) is 6.54 Å². The van der Waals surface area contributed by atoms with Gasteiger partial charge in [0.25, 0.3) is 5.91 Å². The molecule has 0 aliphatic heterocycles. The van der Waals surface area contributed by atoms with Gasteiger partial charge in [0.2, 0.25) is 0 Å². The number of amides is 1. The summed E-state index contributed by atoms with van der Waals surface area (Å²) in [7, 11) is 0. The first kappa shape index (κ1) is 9.12. The zero-order valence-corrected chi connectivity index (χ0v) is 7.94. The van der Waals surface area contributed by atoms with Crippen molar-refractivity contribution in [3.63, 3.8) is 0 Å². The zero-order valence-electron chi connectivity index (χ0n) is 7.94. The van der Waals surface area contributed by atoms with Crippen molar-refractivity contribution in [2.45, 2.75) is 19.3 Å². The summed E-state index contributed by atoms with van der Waals surface area (Å²) in [6, 6.07) is 0. The summed E-state index contributed by atoms with van der Waals surface area (Å²) in [5, 5.41) is 2.86. The van der Waals surface area contributed by atoms with E-state index in [1.54, 1.807) is 6.20 Å². The molecule has 1 aromatic rings. The minimum Gasteiger partial charge on any atom is -0.350 e. The zero-order chi connectivity index (χ0) is 9.80. The van der Waals surface area contributed by atoms with Gasteiger partial charge in [0.15, 0.2) is 0 Å². The highest BCUT2D eigenvalue weighted by Crippen LogP contribution is 2.25. The maximum Gasteiger partial charge on any atom is 0.271 e. The highest BCUT2D eigenvalue weighted by molar-refractivity contribution is 5.91. The molecule has 1 aromatic heterocycles. The Balaban J connectivity index is 1.83. The van der Waals surface area contributed by atoms with Crippen LogP contribution in [0.3, 0.4) is 0 Å². The molecule has 0 radical (unpaired) electrons. The smallest absolute Gasteiger partial charge is 0.271 e. The summed E-state index contributed by atoms with van der Waals surface area (Å²) in [4.78, 5) is 19.2. The van der Waals surface area contributed by atoms with Gasteiger partial charge in [-0.15, -0.1) is 0 Å². The van der Waals surface area contributed by atoms with Crippen molar-refractivity contribution in [3.05, 3.63) is 24.3 Å². The highest BCUT2D eigenvalue weighted by Gasteiger charge is 2.18. The largest absolute Gasteiger partial charge is 0.350 e. The number of aromatic nitrogens is 2. The van der Waals surface area contributed by atoms with E-state index in [4.69, 9.17) is 0 Å². The third-order valence-corrected chi connectivity index (χ3v) is 2.57. The Kier molecular flexibility index (Phi) is 2.72. The van der Waals surface area contributed by atoms with E-state index in [2.05, 4.69) is 15.3 Å². The van der Waals surface area contributed by atoms with Gasteiger partial charge in [-0.25, -0.2) is 4.98 Å². The summed E-state index contributed by atoms with van der Waals surface area (Å²) in [6.45, 7) is 0.773. The van der Waals surface area contributed by atoms with Crippen molar-refractivity contribution < 1.29 is 4.79 Å². The minimum atomic E-state index is -0.120. The van der Waals surface area contributed by atoms with Crippen LogP contribution in [0.2, 0.25) is 0 Å². The van der Waals surface area contributed by atoms with E-state index < -0.39 is 0 Å². The van der Waals surface area contributed by atoms with Gasteiger partial charge in [-0.3, -0.25) is 9.78 Å². The van der Waals surface area contributed by atoms with E-state index in [0.29, 0.717) is 11.6 Å². The van der Waals surface area contributed by atoms with E-state index in [9.17, 15) is 4.79 Å². The van der Waals surface area contributed by atoms with Gasteiger partial charge in [0, 0.05) is 18.9 Å². The van der Waals surface area contributed by atoms with E-state index in [1.165, 1.54) is 31.7 Å². The van der Waals surface area contributed by atoms with E-state index in [-0.39, 0.29) is 5.91 Å². The minimum absolute atomic E-state index is 0.120. The second-order valence-corrected chi connectivity index (χ2v) is 3.60. The molecule has 74 valence electrons. The fourth-order valence-corrected chi connectivity index (χ4v) is 1.44. The number of carbonyl (C=O) groups is 1. The number of rotatable bonds is 3. The van der Waals surface area contributed by atoms with Crippen LogP contribution in [-0.4, -0.2) is 22.4 Å². The molecule has 0 bridgehead atoms. The Hall–Kier alpha value is -1.45. The molecule has 4 heteroatoms. The third kappa shape index (κ3) is 2.07. The fourth-order valence-electron chi connectivity index (χ4n) is 1.44. The molecule has 0 spiro atoms. The third-order valence-electron chi connectivity index (χ3n) is 2.57. The van der Waals surface area contributed by atoms with Crippen LogP contribution in [0.5, 0.6) is 0 Å². The van der Waals surface area contributed by atoms with Crippen LogP contribution in [0, 0.1) is 5.92 Å². The normalized spacial score (nSPS) is 16.0. The SMILES string of the molecule is O=C(NCC1CCC1)c1cnccn1. The standard InChI is InChI=1S/C10H13N3O/c14-10(9-7-11-4-5-12-9)13-6-8-2-1-3-8/h4-5,7-8H,1-3,6H2,(H,13,14). The van der Waals surface area contributed by atoms with Gasteiger partial charge in [-0.2, -0.15) is 0 Å². The molecule has 0 saturated heterocycles. The molecule has 1 amide bonds. The van der Waals surface area contributed by atoms with Gasteiger partial charge >= 0.3 is 0 Å². The number of nitrogens with one attached hydrogen (secondary N) is 1. The first-order valence-electron chi connectivity index (χ1n) is 4.90. The van der Waals surface area contributed by atoms with Gasteiger partial charge in [0.05, 0.1) is 6.20 Å². The number of carbonyl (C=O) groups excluding carboxylic acids is 1. The molecule has 1 N–H and O–H groups in total. The van der Waals surface area contributed by atoms with Gasteiger partial charge in [-0.1, -0.05) is 6.42 Å². The van der Waals surface area contributed by atoms with Crippen LogP contribution < -0.4 is 5.32 Å². The van der Waals surface area contributed by atoms with Gasteiger partial charge in [0.1, 0.15) is 5.69 Å². The Morgan fingerprint density at radius 3 is 2.93 bits per heavy atom.